The molecule has 1 heterocycles. The molecule has 92 valence electrons. The fourth-order valence-electron chi connectivity index (χ4n) is 1.92. The standard InChI is InChI=1S/C12H14BrNO3/c1-16-11(17-2)7-14-6-8-5-9(13)3-4-10(8)12(14)15/h3-5,11H,6-7H2,1-2H3. The van der Waals surface area contributed by atoms with Crippen molar-refractivity contribution in [2.75, 3.05) is 20.8 Å². The van der Waals surface area contributed by atoms with Gasteiger partial charge in [-0.25, -0.2) is 0 Å². The van der Waals surface area contributed by atoms with Gasteiger partial charge in [-0.15, -0.1) is 0 Å². The average Bonchev–Trinajstić information content (AvgIpc) is 2.62. The minimum atomic E-state index is -0.378. The second kappa shape index (κ2) is 5.16. The molecule has 0 radical (unpaired) electrons. The van der Waals surface area contributed by atoms with Gasteiger partial charge in [0.15, 0.2) is 6.29 Å². The van der Waals surface area contributed by atoms with Crippen LogP contribution in [0.4, 0.5) is 0 Å². The van der Waals surface area contributed by atoms with Crippen molar-refractivity contribution in [1.82, 2.24) is 4.90 Å². The first kappa shape index (κ1) is 12.5. The second-order valence-corrected chi connectivity index (χ2v) is 4.80. The van der Waals surface area contributed by atoms with E-state index in [1.54, 1.807) is 19.1 Å². The van der Waals surface area contributed by atoms with Crippen molar-refractivity contribution in [3.05, 3.63) is 33.8 Å². The molecular weight excluding hydrogens is 286 g/mol. The highest BCUT2D eigenvalue weighted by Crippen LogP contribution is 2.26. The van der Waals surface area contributed by atoms with Gasteiger partial charge >= 0.3 is 0 Å². The molecule has 0 N–H and O–H groups in total. The van der Waals surface area contributed by atoms with E-state index in [4.69, 9.17) is 9.47 Å². The minimum Gasteiger partial charge on any atom is -0.354 e. The van der Waals surface area contributed by atoms with E-state index in [0.29, 0.717) is 13.1 Å². The third kappa shape index (κ3) is 2.51. The fraction of sp³-hybridized carbons (Fsp3) is 0.417. The minimum absolute atomic E-state index is 0.0339. The molecule has 1 aliphatic heterocycles. The van der Waals surface area contributed by atoms with Gasteiger partial charge in [0.25, 0.3) is 5.91 Å². The van der Waals surface area contributed by atoms with E-state index in [1.165, 1.54) is 0 Å². The molecule has 0 unspecified atom stereocenters. The number of amides is 1. The Bertz CT molecular complexity index is 432. The first-order valence-electron chi connectivity index (χ1n) is 5.29. The van der Waals surface area contributed by atoms with Crippen LogP contribution in [0, 0.1) is 0 Å². The van der Waals surface area contributed by atoms with Crippen LogP contribution in [-0.4, -0.2) is 37.9 Å². The van der Waals surface area contributed by atoms with Gasteiger partial charge in [-0.3, -0.25) is 4.79 Å². The summed E-state index contributed by atoms with van der Waals surface area (Å²) in [6.07, 6.45) is -0.378. The summed E-state index contributed by atoms with van der Waals surface area (Å²) in [5.74, 6) is 0.0339. The molecule has 0 fully saturated rings. The van der Waals surface area contributed by atoms with E-state index in [1.807, 2.05) is 18.2 Å². The lowest BCUT2D eigenvalue weighted by molar-refractivity contribution is -0.112. The van der Waals surface area contributed by atoms with Gasteiger partial charge in [-0.2, -0.15) is 0 Å². The van der Waals surface area contributed by atoms with Crippen LogP contribution < -0.4 is 0 Å². The molecule has 0 atom stereocenters. The van der Waals surface area contributed by atoms with Gasteiger partial charge in [0.2, 0.25) is 0 Å². The predicted molar refractivity (Wildman–Crippen MR) is 66.7 cm³/mol. The second-order valence-electron chi connectivity index (χ2n) is 3.89. The quantitative estimate of drug-likeness (QED) is 0.799. The first-order chi connectivity index (χ1) is 8.15. The maximum atomic E-state index is 12.1. The molecule has 0 spiro atoms. The summed E-state index contributed by atoms with van der Waals surface area (Å²) in [6, 6.07) is 5.70. The zero-order valence-corrected chi connectivity index (χ0v) is 11.4. The number of hydrogen-bond donors (Lipinski definition) is 0. The molecule has 17 heavy (non-hydrogen) atoms. The number of benzene rings is 1. The molecular formula is C12H14BrNO3. The number of carbonyl (C=O) groups excluding carboxylic acids is 1. The van der Waals surface area contributed by atoms with Crippen LogP contribution in [-0.2, 0) is 16.0 Å². The van der Waals surface area contributed by atoms with Crippen LogP contribution >= 0.6 is 15.9 Å². The van der Waals surface area contributed by atoms with Crippen molar-refractivity contribution < 1.29 is 14.3 Å². The number of nitrogens with zero attached hydrogens (tertiary/aromatic N) is 1. The fourth-order valence-corrected chi connectivity index (χ4v) is 2.33. The van der Waals surface area contributed by atoms with Gasteiger partial charge in [-0.05, 0) is 23.8 Å². The first-order valence-corrected chi connectivity index (χ1v) is 6.08. The van der Waals surface area contributed by atoms with Crippen LogP contribution in [0.2, 0.25) is 0 Å². The van der Waals surface area contributed by atoms with E-state index in [2.05, 4.69) is 15.9 Å². The lowest BCUT2D eigenvalue weighted by atomic mass is 10.1. The lowest BCUT2D eigenvalue weighted by Gasteiger charge is -2.21. The largest absolute Gasteiger partial charge is 0.354 e. The number of methoxy groups -OCH3 is 2. The van der Waals surface area contributed by atoms with Crippen molar-refractivity contribution in [1.29, 1.82) is 0 Å². The summed E-state index contributed by atoms with van der Waals surface area (Å²) >= 11 is 3.40. The molecule has 0 aromatic heterocycles. The smallest absolute Gasteiger partial charge is 0.254 e. The Labute approximate surface area is 109 Å². The maximum Gasteiger partial charge on any atom is 0.254 e. The molecule has 1 aromatic carbocycles. The van der Waals surface area contributed by atoms with E-state index in [0.717, 1.165) is 15.6 Å². The Hall–Kier alpha value is -0.910. The van der Waals surface area contributed by atoms with Crippen molar-refractivity contribution in [2.24, 2.45) is 0 Å². The Morgan fingerprint density at radius 1 is 1.41 bits per heavy atom. The van der Waals surface area contributed by atoms with E-state index >= 15 is 0 Å². The zero-order chi connectivity index (χ0) is 12.4. The highest BCUT2D eigenvalue weighted by molar-refractivity contribution is 9.10. The number of hydrogen-bond acceptors (Lipinski definition) is 3. The van der Waals surface area contributed by atoms with E-state index in [-0.39, 0.29) is 12.2 Å². The van der Waals surface area contributed by atoms with Crippen LogP contribution in [0.3, 0.4) is 0 Å². The normalized spacial score (nSPS) is 14.6. The Morgan fingerprint density at radius 2 is 2.12 bits per heavy atom. The van der Waals surface area contributed by atoms with Gasteiger partial charge in [0, 0.05) is 30.8 Å². The maximum absolute atomic E-state index is 12.1. The highest BCUT2D eigenvalue weighted by atomic mass is 79.9. The number of fused-ring (bicyclic) bond motifs is 1. The zero-order valence-electron chi connectivity index (χ0n) is 9.77. The molecule has 5 heteroatoms. The Morgan fingerprint density at radius 3 is 2.76 bits per heavy atom. The number of halogens is 1. The Balaban J connectivity index is 2.14. The Kier molecular flexibility index (Phi) is 3.81. The predicted octanol–water partition coefficient (Wildman–Crippen LogP) is 2.02. The van der Waals surface area contributed by atoms with Gasteiger partial charge in [0.05, 0.1) is 6.54 Å². The van der Waals surface area contributed by atoms with Crippen LogP contribution in [0.5, 0.6) is 0 Å². The third-order valence-corrected chi connectivity index (χ3v) is 3.33. The SMILES string of the molecule is COC(CN1Cc2cc(Br)ccc2C1=O)OC. The molecule has 0 bridgehead atoms. The van der Waals surface area contributed by atoms with Crippen molar-refractivity contribution in [2.45, 2.75) is 12.8 Å². The molecule has 0 saturated heterocycles. The molecule has 1 aromatic rings. The summed E-state index contributed by atoms with van der Waals surface area (Å²) in [5.41, 5.74) is 1.80. The highest BCUT2D eigenvalue weighted by Gasteiger charge is 2.29. The van der Waals surface area contributed by atoms with E-state index < -0.39 is 0 Å². The van der Waals surface area contributed by atoms with Crippen molar-refractivity contribution in [3.63, 3.8) is 0 Å². The van der Waals surface area contributed by atoms with Crippen molar-refractivity contribution >= 4 is 21.8 Å². The molecule has 1 aliphatic rings. The third-order valence-electron chi connectivity index (χ3n) is 2.84. The van der Waals surface area contributed by atoms with Crippen LogP contribution in [0.15, 0.2) is 22.7 Å². The summed E-state index contributed by atoms with van der Waals surface area (Å²) in [7, 11) is 3.14. The van der Waals surface area contributed by atoms with Gasteiger partial charge < -0.3 is 14.4 Å². The van der Waals surface area contributed by atoms with Crippen LogP contribution in [0.25, 0.3) is 0 Å². The topological polar surface area (TPSA) is 38.8 Å². The van der Waals surface area contributed by atoms with Gasteiger partial charge in [0.1, 0.15) is 0 Å². The average molecular weight is 300 g/mol. The molecule has 0 saturated carbocycles. The number of carbonyl (C=O) groups is 1. The van der Waals surface area contributed by atoms with E-state index in [9.17, 15) is 4.79 Å². The lowest BCUT2D eigenvalue weighted by Crippen LogP contribution is -2.34. The monoisotopic (exact) mass is 299 g/mol. The van der Waals surface area contributed by atoms with Crippen LogP contribution in [0.1, 0.15) is 15.9 Å². The summed E-state index contributed by atoms with van der Waals surface area (Å²) in [5, 5.41) is 0. The van der Waals surface area contributed by atoms with Gasteiger partial charge in [-0.1, -0.05) is 15.9 Å². The molecule has 1 amide bonds. The summed E-state index contributed by atoms with van der Waals surface area (Å²) in [6.45, 7) is 1.05. The summed E-state index contributed by atoms with van der Waals surface area (Å²) in [4.78, 5) is 13.8. The molecule has 0 aliphatic carbocycles. The summed E-state index contributed by atoms with van der Waals surface area (Å²) < 4.78 is 11.2. The van der Waals surface area contributed by atoms with Crippen molar-refractivity contribution in [3.8, 4) is 0 Å². The molecule has 2 rings (SSSR count). The molecule has 4 nitrogen and oxygen atoms in total. The number of rotatable bonds is 4. The number of ether oxygens (including phenoxy) is 2.